The maximum Gasteiger partial charge on any atom is 0.236 e. The van der Waals surface area contributed by atoms with Crippen molar-refractivity contribution in [2.24, 2.45) is 0 Å². The summed E-state index contributed by atoms with van der Waals surface area (Å²) in [6.07, 6.45) is 3.44. The summed E-state index contributed by atoms with van der Waals surface area (Å²) in [6.45, 7) is 15.6. The van der Waals surface area contributed by atoms with Crippen LogP contribution in [0.1, 0.15) is 60.8 Å². The maximum atomic E-state index is 11.9. The van der Waals surface area contributed by atoms with E-state index in [4.69, 9.17) is 0 Å². The normalized spacial score (nSPS) is 13.2. The molecule has 1 atom stereocenters. The van der Waals surface area contributed by atoms with Gasteiger partial charge in [0.25, 0.3) is 0 Å². The lowest BCUT2D eigenvalue weighted by atomic mass is 10.2. The van der Waals surface area contributed by atoms with E-state index >= 15 is 0 Å². The molecule has 0 heterocycles. The first-order valence-corrected chi connectivity index (χ1v) is 8.17. The molecular formula is C16H35N3O. The van der Waals surface area contributed by atoms with Crippen molar-refractivity contribution in [1.29, 1.82) is 0 Å². The molecule has 4 nitrogen and oxygen atoms in total. The van der Waals surface area contributed by atoms with Crippen LogP contribution in [0.3, 0.4) is 0 Å². The molecule has 0 aromatic rings. The number of carbonyl (C=O) groups excluding carboxylic acids is 1. The first kappa shape index (κ1) is 19.4. The van der Waals surface area contributed by atoms with E-state index in [0.717, 1.165) is 26.1 Å². The first-order chi connectivity index (χ1) is 9.40. The fraction of sp³-hybridized carbons (Fsp3) is 0.938. The molecule has 120 valence electrons. The van der Waals surface area contributed by atoms with Gasteiger partial charge in [-0.3, -0.25) is 9.69 Å². The zero-order valence-corrected chi connectivity index (χ0v) is 14.3. The third-order valence-electron chi connectivity index (χ3n) is 3.62. The number of rotatable bonds is 11. The highest BCUT2D eigenvalue weighted by molar-refractivity contribution is 5.81. The molecular weight excluding hydrogens is 250 g/mol. The zero-order valence-electron chi connectivity index (χ0n) is 14.3. The minimum atomic E-state index is -0.113. The van der Waals surface area contributed by atoms with Gasteiger partial charge in [-0.25, -0.2) is 0 Å². The lowest BCUT2D eigenvalue weighted by Gasteiger charge is -2.30. The molecule has 0 aliphatic heterocycles. The van der Waals surface area contributed by atoms with Crippen LogP contribution in [0.15, 0.2) is 0 Å². The van der Waals surface area contributed by atoms with Crippen LogP contribution in [-0.4, -0.2) is 48.6 Å². The Hall–Kier alpha value is -0.610. The molecule has 0 saturated carbocycles. The standard InChI is InChI=1S/C16H35N3O/c1-7-8-9-10-18-16(20)15(6)17-11-12-19(13(2)3)14(4)5/h13-15,17H,7-12H2,1-6H3,(H,18,20). The highest BCUT2D eigenvalue weighted by Gasteiger charge is 2.15. The molecule has 0 saturated heterocycles. The number of carbonyl (C=O) groups is 1. The largest absolute Gasteiger partial charge is 0.355 e. The van der Waals surface area contributed by atoms with Crippen LogP contribution in [0, 0.1) is 0 Å². The average Bonchev–Trinajstić information content (AvgIpc) is 2.38. The van der Waals surface area contributed by atoms with Crippen LogP contribution >= 0.6 is 0 Å². The van der Waals surface area contributed by atoms with Crippen molar-refractivity contribution >= 4 is 5.91 Å². The van der Waals surface area contributed by atoms with Gasteiger partial charge in [-0.1, -0.05) is 19.8 Å². The van der Waals surface area contributed by atoms with E-state index in [1.165, 1.54) is 12.8 Å². The summed E-state index contributed by atoms with van der Waals surface area (Å²) >= 11 is 0. The molecule has 0 bridgehead atoms. The SMILES string of the molecule is CCCCCNC(=O)C(C)NCCN(C(C)C)C(C)C. The van der Waals surface area contributed by atoms with E-state index in [9.17, 15) is 4.79 Å². The molecule has 0 aliphatic carbocycles. The van der Waals surface area contributed by atoms with Crippen LogP contribution in [0.2, 0.25) is 0 Å². The van der Waals surface area contributed by atoms with Gasteiger partial charge in [0.2, 0.25) is 5.91 Å². The molecule has 0 fully saturated rings. The molecule has 0 rings (SSSR count). The third kappa shape index (κ3) is 8.54. The highest BCUT2D eigenvalue weighted by atomic mass is 16.2. The second-order valence-corrected chi connectivity index (χ2v) is 6.10. The van der Waals surface area contributed by atoms with Crippen LogP contribution < -0.4 is 10.6 Å². The second-order valence-electron chi connectivity index (χ2n) is 6.10. The highest BCUT2D eigenvalue weighted by Crippen LogP contribution is 2.03. The fourth-order valence-electron chi connectivity index (χ4n) is 2.36. The summed E-state index contributed by atoms with van der Waals surface area (Å²) in [5.74, 6) is 0.113. The molecule has 0 radical (unpaired) electrons. The van der Waals surface area contributed by atoms with Gasteiger partial charge >= 0.3 is 0 Å². The van der Waals surface area contributed by atoms with Gasteiger partial charge in [-0.05, 0) is 41.0 Å². The zero-order chi connectivity index (χ0) is 15.5. The number of nitrogens with zero attached hydrogens (tertiary/aromatic N) is 1. The average molecular weight is 285 g/mol. The van der Waals surface area contributed by atoms with Crippen molar-refractivity contribution in [3.63, 3.8) is 0 Å². The lowest BCUT2D eigenvalue weighted by molar-refractivity contribution is -0.122. The van der Waals surface area contributed by atoms with Crippen LogP contribution in [0.4, 0.5) is 0 Å². The van der Waals surface area contributed by atoms with E-state index in [1.54, 1.807) is 0 Å². The van der Waals surface area contributed by atoms with Gasteiger partial charge in [0, 0.05) is 31.7 Å². The van der Waals surface area contributed by atoms with E-state index in [-0.39, 0.29) is 11.9 Å². The Labute approximate surface area is 125 Å². The summed E-state index contributed by atoms with van der Waals surface area (Å²) in [6, 6.07) is 0.961. The van der Waals surface area contributed by atoms with Crippen LogP contribution in [0.25, 0.3) is 0 Å². The molecule has 4 heteroatoms. The van der Waals surface area contributed by atoms with Gasteiger partial charge < -0.3 is 10.6 Å². The van der Waals surface area contributed by atoms with Crippen molar-refractivity contribution in [3.05, 3.63) is 0 Å². The van der Waals surface area contributed by atoms with Crippen LogP contribution in [-0.2, 0) is 4.79 Å². The molecule has 0 aromatic carbocycles. The molecule has 2 N–H and O–H groups in total. The lowest BCUT2D eigenvalue weighted by Crippen LogP contribution is -2.47. The van der Waals surface area contributed by atoms with E-state index in [2.05, 4.69) is 50.2 Å². The van der Waals surface area contributed by atoms with Gasteiger partial charge in [-0.2, -0.15) is 0 Å². The van der Waals surface area contributed by atoms with E-state index < -0.39 is 0 Å². The van der Waals surface area contributed by atoms with Crippen LogP contribution in [0.5, 0.6) is 0 Å². The van der Waals surface area contributed by atoms with Gasteiger partial charge in [0.1, 0.15) is 0 Å². The van der Waals surface area contributed by atoms with Crippen molar-refractivity contribution < 1.29 is 4.79 Å². The molecule has 1 amide bonds. The first-order valence-electron chi connectivity index (χ1n) is 8.17. The number of nitrogens with one attached hydrogen (secondary N) is 2. The Kier molecular flexibility index (Phi) is 10.8. The van der Waals surface area contributed by atoms with Gasteiger partial charge in [0.15, 0.2) is 0 Å². The van der Waals surface area contributed by atoms with Crippen molar-refractivity contribution in [2.75, 3.05) is 19.6 Å². The Morgan fingerprint density at radius 3 is 2.10 bits per heavy atom. The number of amides is 1. The molecule has 20 heavy (non-hydrogen) atoms. The predicted molar refractivity (Wildman–Crippen MR) is 87.0 cm³/mol. The van der Waals surface area contributed by atoms with Crippen molar-refractivity contribution in [3.8, 4) is 0 Å². The van der Waals surface area contributed by atoms with Gasteiger partial charge in [-0.15, -0.1) is 0 Å². The topological polar surface area (TPSA) is 44.4 Å². The Morgan fingerprint density at radius 2 is 1.60 bits per heavy atom. The van der Waals surface area contributed by atoms with E-state index in [1.807, 2.05) is 6.92 Å². The summed E-state index contributed by atoms with van der Waals surface area (Å²) in [5.41, 5.74) is 0. The van der Waals surface area contributed by atoms with Crippen molar-refractivity contribution in [1.82, 2.24) is 15.5 Å². The Morgan fingerprint density at radius 1 is 1.00 bits per heavy atom. The third-order valence-corrected chi connectivity index (χ3v) is 3.62. The Bertz CT molecular complexity index is 246. The smallest absolute Gasteiger partial charge is 0.236 e. The fourth-order valence-corrected chi connectivity index (χ4v) is 2.36. The summed E-state index contributed by atoms with van der Waals surface area (Å²) < 4.78 is 0. The number of hydrogen-bond acceptors (Lipinski definition) is 3. The minimum absolute atomic E-state index is 0.113. The molecule has 0 spiro atoms. The number of hydrogen-bond donors (Lipinski definition) is 2. The predicted octanol–water partition coefficient (Wildman–Crippen LogP) is 2.39. The second kappa shape index (κ2) is 11.1. The summed E-state index contributed by atoms with van der Waals surface area (Å²) in [5, 5.41) is 6.30. The number of unbranched alkanes of at least 4 members (excludes halogenated alkanes) is 2. The summed E-state index contributed by atoms with van der Waals surface area (Å²) in [7, 11) is 0. The van der Waals surface area contributed by atoms with Gasteiger partial charge in [0.05, 0.1) is 6.04 Å². The monoisotopic (exact) mass is 285 g/mol. The van der Waals surface area contributed by atoms with E-state index in [0.29, 0.717) is 12.1 Å². The molecule has 1 unspecified atom stereocenters. The minimum Gasteiger partial charge on any atom is -0.355 e. The summed E-state index contributed by atoms with van der Waals surface area (Å²) in [4.78, 5) is 14.3. The molecule has 0 aliphatic rings. The maximum absolute atomic E-state index is 11.9. The Balaban J connectivity index is 3.85. The quantitative estimate of drug-likeness (QED) is 0.573. The molecule has 0 aromatic heterocycles. The van der Waals surface area contributed by atoms with Crippen molar-refractivity contribution in [2.45, 2.75) is 78.9 Å².